The van der Waals surface area contributed by atoms with Crippen LogP contribution in [0.25, 0.3) is 0 Å². The monoisotopic (exact) mass is 654 g/mol. The Morgan fingerprint density at radius 3 is 1.83 bits per heavy atom. The molecule has 0 saturated carbocycles. The van der Waals surface area contributed by atoms with Crippen LogP contribution in [0.4, 0.5) is 48.3 Å². The highest BCUT2D eigenvalue weighted by Gasteiger charge is 2.41. The summed E-state index contributed by atoms with van der Waals surface area (Å²) in [6, 6.07) is 1.93. The van der Waals surface area contributed by atoms with Crippen molar-refractivity contribution in [3.05, 3.63) is 135 Å². The zero-order chi connectivity index (χ0) is 34.3. The minimum absolute atomic E-state index is 0.202. The normalized spacial score (nSPS) is 12.1. The molecule has 0 bridgehead atoms. The first kappa shape index (κ1) is 35.5. The van der Waals surface area contributed by atoms with Crippen molar-refractivity contribution in [2.75, 3.05) is 0 Å². The molecule has 0 spiro atoms. The minimum Gasteiger partial charge on any atom is -0.429 e. The third-order valence-electron chi connectivity index (χ3n) is 6.05. The number of hydrogen-bond donors (Lipinski definition) is 0. The molecule has 0 aliphatic carbocycles. The van der Waals surface area contributed by atoms with Crippen LogP contribution in [0.3, 0.4) is 0 Å². The number of ether oxygens (including phenoxy) is 1. The second-order valence-electron chi connectivity index (χ2n) is 9.67. The van der Waals surface area contributed by atoms with Crippen LogP contribution in [0.2, 0.25) is 0 Å². The summed E-state index contributed by atoms with van der Waals surface area (Å²) in [5.74, 6) is -7.78. The smallest absolute Gasteiger partial charge is 0.429 e. The molecule has 240 valence electrons. The predicted octanol–water partition coefficient (Wildman–Crippen LogP) is 10.4. The van der Waals surface area contributed by atoms with E-state index < -0.39 is 92.1 Å². The van der Waals surface area contributed by atoms with Crippen molar-refractivity contribution in [2.24, 2.45) is 0 Å². The van der Waals surface area contributed by atoms with Gasteiger partial charge in [0.25, 0.3) is 0 Å². The molecule has 0 unspecified atom stereocenters. The fraction of sp³-hybridized carbons (Fsp3) is 0.176. The first-order valence-electron chi connectivity index (χ1n) is 13.2. The minimum atomic E-state index is -4.86. The summed E-state index contributed by atoms with van der Waals surface area (Å²) in [7, 11) is 0. The molecule has 0 fully saturated rings. The Morgan fingerprint density at radius 2 is 1.30 bits per heavy atom. The van der Waals surface area contributed by atoms with E-state index in [4.69, 9.17) is 0 Å². The van der Waals surface area contributed by atoms with Crippen molar-refractivity contribution in [2.45, 2.75) is 39.2 Å². The number of unbranched alkanes of at least 4 members (excludes halogenated alkanes) is 1. The molecular formula is C34H21F11O. The topological polar surface area (TPSA) is 9.23 Å². The number of hydrogen-bond acceptors (Lipinski definition) is 1. The van der Waals surface area contributed by atoms with E-state index in [1.807, 2.05) is 24.7 Å². The highest BCUT2D eigenvalue weighted by molar-refractivity contribution is 5.51. The fourth-order valence-electron chi connectivity index (χ4n) is 3.82. The van der Waals surface area contributed by atoms with Crippen LogP contribution in [0.5, 0.6) is 5.75 Å². The third kappa shape index (κ3) is 8.81. The Morgan fingerprint density at radius 1 is 0.783 bits per heavy atom. The molecule has 0 amide bonds. The lowest BCUT2D eigenvalue weighted by molar-refractivity contribution is -0.189. The van der Waals surface area contributed by atoms with E-state index in [2.05, 4.69) is 17.2 Å². The Kier molecular flexibility index (Phi) is 11.5. The van der Waals surface area contributed by atoms with Gasteiger partial charge in [0.05, 0.1) is 11.1 Å². The molecule has 0 aromatic heterocycles. The lowest BCUT2D eigenvalue weighted by Gasteiger charge is -2.20. The number of rotatable bonds is 8. The SMILES string of the molecule is C=C(F)/C(C#Cc1cc(F)c(C(F)(F)Oc2cc(F)c(C#Cc3cc(F)c(F)c(F)c3)c(F)c2)c(F)c1)=C(F)\C=C(/C)CCCC. The lowest BCUT2D eigenvalue weighted by atomic mass is 10.1. The van der Waals surface area contributed by atoms with E-state index in [9.17, 15) is 48.3 Å². The van der Waals surface area contributed by atoms with E-state index >= 15 is 0 Å². The second kappa shape index (κ2) is 14.9. The zero-order valence-electron chi connectivity index (χ0n) is 23.9. The van der Waals surface area contributed by atoms with E-state index in [-0.39, 0.29) is 12.1 Å². The van der Waals surface area contributed by atoms with Crippen molar-refractivity contribution >= 4 is 0 Å². The number of allylic oxidation sites excluding steroid dienone is 5. The van der Waals surface area contributed by atoms with Gasteiger partial charge in [-0.15, -0.1) is 0 Å². The number of benzene rings is 3. The van der Waals surface area contributed by atoms with E-state index in [0.29, 0.717) is 36.3 Å². The molecule has 0 radical (unpaired) electrons. The lowest BCUT2D eigenvalue weighted by Crippen LogP contribution is -2.25. The van der Waals surface area contributed by atoms with Crippen LogP contribution in [0.1, 0.15) is 55.4 Å². The van der Waals surface area contributed by atoms with Gasteiger partial charge >= 0.3 is 6.11 Å². The van der Waals surface area contributed by atoms with Gasteiger partial charge in [-0.1, -0.05) is 49.2 Å². The molecule has 12 heteroatoms. The highest BCUT2D eigenvalue weighted by Crippen LogP contribution is 2.36. The summed E-state index contributed by atoms with van der Waals surface area (Å²) >= 11 is 0. The average Bonchev–Trinajstić information content (AvgIpc) is 2.93. The molecule has 3 aromatic rings. The third-order valence-corrected chi connectivity index (χ3v) is 6.05. The molecule has 0 heterocycles. The molecule has 3 rings (SSSR count). The van der Waals surface area contributed by atoms with E-state index in [0.717, 1.165) is 18.9 Å². The Hall–Kier alpha value is -4.97. The van der Waals surface area contributed by atoms with Crippen molar-refractivity contribution in [1.29, 1.82) is 0 Å². The second-order valence-corrected chi connectivity index (χ2v) is 9.67. The molecule has 0 N–H and O–H groups in total. The van der Waals surface area contributed by atoms with Gasteiger partial charge in [0.1, 0.15) is 46.2 Å². The number of alkyl halides is 2. The molecule has 3 aromatic carbocycles. The fourth-order valence-corrected chi connectivity index (χ4v) is 3.82. The van der Waals surface area contributed by atoms with Gasteiger partial charge in [0.15, 0.2) is 17.5 Å². The van der Waals surface area contributed by atoms with Crippen LogP contribution >= 0.6 is 0 Å². The van der Waals surface area contributed by atoms with Gasteiger partial charge in [-0.05, 0) is 50.1 Å². The molecule has 0 aliphatic heterocycles. The zero-order valence-corrected chi connectivity index (χ0v) is 23.9. The largest absolute Gasteiger partial charge is 0.432 e. The molecule has 1 nitrogen and oxygen atoms in total. The summed E-state index contributed by atoms with van der Waals surface area (Å²) in [5, 5.41) is 0. The standard InChI is InChI=1S/C34H21F11O/c1-4-5-6-18(2)11-25(36)23(19(3)35)9-7-20-12-28(39)32(29(40)13-20)34(44,45)46-22-16-26(37)24(27(38)17-22)10-8-21-14-30(41)33(43)31(42)15-21/h11-17H,3-6H2,1-2H3/b18-11+,25-23+. The van der Waals surface area contributed by atoms with E-state index in [1.54, 1.807) is 6.92 Å². The summed E-state index contributed by atoms with van der Waals surface area (Å²) < 4.78 is 160. The highest BCUT2D eigenvalue weighted by atomic mass is 19.3. The Labute approximate surface area is 256 Å². The Balaban J connectivity index is 1.90. The van der Waals surface area contributed by atoms with Crippen molar-refractivity contribution in [3.8, 4) is 29.4 Å². The molecule has 0 aliphatic rings. The molecular weight excluding hydrogens is 633 g/mol. The van der Waals surface area contributed by atoms with Gasteiger partial charge in [0.2, 0.25) is 0 Å². The maximum absolute atomic E-state index is 14.8. The Bertz CT molecular complexity index is 1800. The number of halogens is 11. The van der Waals surface area contributed by atoms with E-state index in [1.165, 1.54) is 0 Å². The maximum atomic E-state index is 14.8. The van der Waals surface area contributed by atoms with Gasteiger partial charge in [-0.2, -0.15) is 8.78 Å². The van der Waals surface area contributed by atoms with Crippen LogP contribution in [0, 0.1) is 64.4 Å². The summed E-state index contributed by atoms with van der Waals surface area (Å²) in [6.45, 7) is 6.48. The summed E-state index contributed by atoms with van der Waals surface area (Å²) in [5.41, 5.74) is -4.42. The van der Waals surface area contributed by atoms with Crippen LogP contribution in [-0.4, -0.2) is 0 Å². The van der Waals surface area contributed by atoms with Crippen LogP contribution < -0.4 is 4.74 Å². The predicted molar refractivity (Wildman–Crippen MR) is 148 cm³/mol. The van der Waals surface area contributed by atoms with Gasteiger partial charge < -0.3 is 4.74 Å². The van der Waals surface area contributed by atoms with Gasteiger partial charge in [0, 0.05) is 23.3 Å². The van der Waals surface area contributed by atoms with Gasteiger partial charge in [-0.25, -0.2) is 39.5 Å². The van der Waals surface area contributed by atoms with Crippen LogP contribution in [0.15, 0.2) is 71.9 Å². The molecule has 0 atom stereocenters. The maximum Gasteiger partial charge on any atom is 0.432 e. The summed E-state index contributed by atoms with van der Waals surface area (Å²) in [6.07, 6.45) is -1.77. The average molecular weight is 655 g/mol. The van der Waals surface area contributed by atoms with Crippen molar-refractivity contribution in [1.82, 2.24) is 0 Å². The quantitative estimate of drug-likeness (QED) is 0.102. The summed E-state index contributed by atoms with van der Waals surface area (Å²) in [4.78, 5) is 0. The van der Waals surface area contributed by atoms with Crippen molar-refractivity contribution < 1.29 is 53.0 Å². The molecule has 46 heavy (non-hydrogen) atoms. The first-order chi connectivity index (χ1) is 21.5. The van der Waals surface area contributed by atoms with Crippen LogP contribution in [-0.2, 0) is 6.11 Å². The van der Waals surface area contributed by atoms with Gasteiger partial charge in [-0.3, -0.25) is 0 Å². The first-order valence-corrected chi connectivity index (χ1v) is 13.2. The van der Waals surface area contributed by atoms with Crippen molar-refractivity contribution in [3.63, 3.8) is 0 Å². The molecule has 0 saturated heterocycles.